The Bertz CT molecular complexity index is 1050. The summed E-state index contributed by atoms with van der Waals surface area (Å²) < 4.78 is 5.11. The van der Waals surface area contributed by atoms with Crippen molar-refractivity contribution < 1.29 is 14.3 Å². The van der Waals surface area contributed by atoms with Gasteiger partial charge in [0.05, 0.1) is 18.4 Å². The lowest BCUT2D eigenvalue weighted by Gasteiger charge is -2.09. The minimum absolute atomic E-state index is 0.234. The van der Waals surface area contributed by atoms with E-state index in [0.717, 1.165) is 11.3 Å². The highest BCUT2D eigenvalue weighted by Crippen LogP contribution is 2.16. The largest absolute Gasteiger partial charge is 0.497 e. The molecular formula is C23H19N3O3. The molecule has 0 atom stereocenters. The second-order valence-electron chi connectivity index (χ2n) is 6.22. The SMILES string of the molecule is COc1ccc(CNC(=O)c2ccc(C(=O)Nc3ccccc3C#N)cc2)cc1. The van der Waals surface area contributed by atoms with Crippen molar-refractivity contribution in [3.63, 3.8) is 0 Å². The Morgan fingerprint density at radius 2 is 1.52 bits per heavy atom. The lowest BCUT2D eigenvalue weighted by atomic mass is 10.1. The van der Waals surface area contributed by atoms with Crippen LogP contribution in [-0.4, -0.2) is 18.9 Å². The summed E-state index contributed by atoms with van der Waals surface area (Å²) in [4.78, 5) is 24.7. The van der Waals surface area contributed by atoms with E-state index >= 15 is 0 Å². The number of nitriles is 1. The number of para-hydroxylation sites is 1. The third-order valence-electron chi connectivity index (χ3n) is 4.32. The van der Waals surface area contributed by atoms with Gasteiger partial charge in [0.25, 0.3) is 11.8 Å². The number of ether oxygens (including phenoxy) is 1. The van der Waals surface area contributed by atoms with Gasteiger partial charge in [-0.3, -0.25) is 9.59 Å². The molecule has 0 fully saturated rings. The highest BCUT2D eigenvalue weighted by atomic mass is 16.5. The van der Waals surface area contributed by atoms with E-state index < -0.39 is 0 Å². The van der Waals surface area contributed by atoms with Gasteiger partial charge in [-0.25, -0.2) is 0 Å². The molecule has 144 valence electrons. The van der Waals surface area contributed by atoms with Crippen LogP contribution >= 0.6 is 0 Å². The fourth-order valence-corrected chi connectivity index (χ4v) is 2.68. The summed E-state index contributed by atoms with van der Waals surface area (Å²) in [6.07, 6.45) is 0. The van der Waals surface area contributed by atoms with Crippen LogP contribution in [0.2, 0.25) is 0 Å². The van der Waals surface area contributed by atoms with Crippen LogP contribution in [0.3, 0.4) is 0 Å². The van der Waals surface area contributed by atoms with E-state index in [2.05, 4.69) is 10.6 Å². The molecule has 0 heterocycles. The van der Waals surface area contributed by atoms with Crippen molar-refractivity contribution in [1.82, 2.24) is 5.32 Å². The highest BCUT2D eigenvalue weighted by Gasteiger charge is 2.11. The number of anilines is 1. The summed E-state index contributed by atoms with van der Waals surface area (Å²) in [7, 11) is 1.60. The maximum absolute atomic E-state index is 12.4. The minimum Gasteiger partial charge on any atom is -0.497 e. The number of hydrogen-bond donors (Lipinski definition) is 2. The lowest BCUT2D eigenvalue weighted by molar-refractivity contribution is 0.0949. The molecule has 0 unspecified atom stereocenters. The average Bonchev–Trinajstić information content (AvgIpc) is 2.78. The summed E-state index contributed by atoms with van der Waals surface area (Å²) in [6.45, 7) is 0.385. The predicted molar refractivity (Wildman–Crippen MR) is 110 cm³/mol. The maximum Gasteiger partial charge on any atom is 0.255 e. The van der Waals surface area contributed by atoms with Gasteiger partial charge in [-0.1, -0.05) is 24.3 Å². The Hall–Kier alpha value is -4.11. The van der Waals surface area contributed by atoms with Crippen molar-refractivity contribution in [3.05, 3.63) is 95.1 Å². The summed E-state index contributed by atoms with van der Waals surface area (Å²) in [5, 5.41) is 14.7. The van der Waals surface area contributed by atoms with Crippen LogP contribution in [0.25, 0.3) is 0 Å². The second kappa shape index (κ2) is 9.20. The number of amides is 2. The summed E-state index contributed by atoms with van der Waals surface area (Å²) >= 11 is 0. The number of nitrogens with one attached hydrogen (secondary N) is 2. The normalized spacial score (nSPS) is 9.93. The molecule has 6 nitrogen and oxygen atoms in total. The van der Waals surface area contributed by atoms with Gasteiger partial charge in [0.15, 0.2) is 0 Å². The molecule has 3 aromatic rings. The molecule has 29 heavy (non-hydrogen) atoms. The zero-order valence-electron chi connectivity index (χ0n) is 15.8. The van der Waals surface area contributed by atoms with Crippen LogP contribution in [-0.2, 0) is 6.54 Å². The molecule has 6 heteroatoms. The Labute approximate surface area is 168 Å². The molecule has 0 saturated carbocycles. The first-order valence-electron chi connectivity index (χ1n) is 8.92. The van der Waals surface area contributed by atoms with Crippen molar-refractivity contribution in [2.45, 2.75) is 6.54 Å². The van der Waals surface area contributed by atoms with Gasteiger partial charge in [-0.15, -0.1) is 0 Å². The first kappa shape index (κ1) is 19.6. The molecule has 0 aromatic heterocycles. The number of methoxy groups -OCH3 is 1. The van der Waals surface area contributed by atoms with Gasteiger partial charge < -0.3 is 15.4 Å². The zero-order chi connectivity index (χ0) is 20.6. The highest BCUT2D eigenvalue weighted by molar-refractivity contribution is 6.05. The van der Waals surface area contributed by atoms with Crippen LogP contribution in [0.15, 0.2) is 72.8 Å². The molecular weight excluding hydrogens is 366 g/mol. The van der Waals surface area contributed by atoms with Crippen molar-refractivity contribution in [1.29, 1.82) is 5.26 Å². The van der Waals surface area contributed by atoms with Crippen LogP contribution in [0.4, 0.5) is 5.69 Å². The third-order valence-corrected chi connectivity index (χ3v) is 4.32. The van der Waals surface area contributed by atoms with Gasteiger partial charge >= 0.3 is 0 Å². The van der Waals surface area contributed by atoms with Crippen molar-refractivity contribution in [3.8, 4) is 11.8 Å². The lowest BCUT2D eigenvalue weighted by Crippen LogP contribution is -2.23. The van der Waals surface area contributed by atoms with Crippen molar-refractivity contribution in [2.24, 2.45) is 0 Å². The number of rotatable bonds is 6. The van der Waals surface area contributed by atoms with E-state index in [9.17, 15) is 9.59 Å². The average molecular weight is 385 g/mol. The number of benzene rings is 3. The van der Waals surface area contributed by atoms with E-state index in [0.29, 0.717) is 28.9 Å². The summed E-state index contributed by atoms with van der Waals surface area (Å²) in [6, 6.07) is 22.6. The minimum atomic E-state index is -0.349. The van der Waals surface area contributed by atoms with Gasteiger partial charge in [-0.05, 0) is 54.1 Å². The first-order chi connectivity index (χ1) is 14.1. The zero-order valence-corrected chi connectivity index (χ0v) is 15.8. The molecule has 0 bridgehead atoms. The van der Waals surface area contributed by atoms with E-state index in [-0.39, 0.29) is 11.8 Å². The van der Waals surface area contributed by atoms with Crippen LogP contribution in [0.5, 0.6) is 5.75 Å². The Balaban J connectivity index is 1.60. The fourth-order valence-electron chi connectivity index (χ4n) is 2.68. The van der Waals surface area contributed by atoms with Crippen molar-refractivity contribution >= 4 is 17.5 Å². The smallest absolute Gasteiger partial charge is 0.255 e. The quantitative estimate of drug-likeness (QED) is 0.676. The molecule has 2 amide bonds. The summed E-state index contributed by atoms with van der Waals surface area (Å²) in [5.41, 5.74) is 2.62. The van der Waals surface area contributed by atoms with Crippen LogP contribution in [0, 0.1) is 11.3 Å². The molecule has 3 aromatic carbocycles. The Morgan fingerprint density at radius 3 is 2.14 bits per heavy atom. The topological polar surface area (TPSA) is 91.2 Å². The van der Waals surface area contributed by atoms with E-state index in [1.807, 2.05) is 30.3 Å². The molecule has 0 saturated heterocycles. The van der Waals surface area contributed by atoms with Crippen molar-refractivity contribution in [2.75, 3.05) is 12.4 Å². The third kappa shape index (κ3) is 4.99. The van der Waals surface area contributed by atoms with Crippen LogP contribution in [0.1, 0.15) is 31.8 Å². The molecule has 0 radical (unpaired) electrons. The number of nitrogens with zero attached hydrogens (tertiary/aromatic N) is 1. The maximum atomic E-state index is 12.4. The standard InChI is InChI=1S/C23H19N3O3/c1-29-20-12-6-16(7-13-20)15-25-22(27)17-8-10-18(11-9-17)23(28)26-21-5-3-2-4-19(21)14-24/h2-13H,15H2,1H3,(H,25,27)(H,26,28). The van der Waals surface area contributed by atoms with Crippen LogP contribution < -0.4 is 15.4 Å². The summed E-state index contributed by atoms with van der Waals surface area (Å²) in [5.74, 6) is 0.173. The van der Waals surface area contributed by atoms with Gasteiger partial charge in [-0.2, -0.15) is 5.26 Å². The number of carbonyl (C=O) groups excluding carboxylic acids is 2. The fraction of sp³-hybridized carbons (Fsp3) is 0.0870. The first-order valence-corrected chi connectivity index (χ1v) is 8.92. The molecule has 0 aliphatic rings. The number of carbonyl (C=O) groups is 2. The predicted octanol–water partition coefficient (Wildman–Crippen LogP) is 3.75. The molecule has 3 rings (SSSR count). The molecule has 0 spiro atoms. The molecule has 2 N–H and O–H groups in total. The molecule has 0 aliphatic heterocycles. The van der Waals surface area contributed by atoms with Gasteiger partial charge in [0.2, 0.25) is 0 Å². The monoisotopic (exact) mass is 385 g/mol. The van der Waals surface area contributed by atoms with Gasteiger partial charge in [0.1, 0.15) is 11.8 Å². The van der Waals surface area contributed by atoms with E-state index in [4.69, 9.17) is 10.00 Å². The molecule has 0 aliphatic carbocycles. The van der Waals surface area contributed by atoms with E-state index in [1.54, 1.807) is 55.6 Å². The second-order valence-corrected chi connectivity index (χ2v) is 6.22. The van der Waals surface area contributed by atoms with Gasteiger partial charge in [0, 0.05) is 17.7 Å². The Morgan fingerprint density at radius 1 is 0.897 bits per heavy atom. The Kier molecular flexibility index (Phi) is 6.23. The number of hydrogen-bond acceptors (Lipinski definition) is 4. The van der Waals surface area contributed by atoms with E-state index in [1.165, 1.54) is 0 Å².